The third kappa shape index (κ3) is 4.82. The second-order valence-corrected chi connectivity index (χ2v) is 8.45. The van der Waals surface area contributed by atoms with Gasteiger partial charge in [-0.05, 0) is 36.9 Å². The van der Waals surface area contributed by atoms with E-state index in [2.05, 4.69) is 49.1 Å². The molecule has 28 heavy (non-hydrogen) atoms. The van der Waals surface area contributed by atoms with E-state index >= 15 is 0 Å². The monoisotopic (exact) mass is 401 g/mol. The second kappa shape index (κ2) is 9.07. The van der Waals surface area contributed by atoms with E-state index in [0.29, 0.717) is 6.54 Å². The Bertz CT molecular complexity index is 907. The van der Waals surface area contributed by atoms with Gasteiger partial charge in [-0.15, -0.1) is 0 Å². The molecule has 1 aliphatic rings. The fraction of sp³-hybridized carbons (Fsp3) is 0.350. The van der Waals surface area contributed by atoms with Crippen LogP contribution >= 0.6 is 0 Å². The first-order valence-electron chi connectivity index (χ1n) is 9.31. The van der Waals surface area contributed by atoms with E-state index in [1.165, 1.54) is 12.7 Å². The van der Waals surface area contributed by atoms with Crippen molar-refractivity contribution in [2.24, 2.45) is 4.99 Å². The molecule has 0 amide bonds. The van der Waals surface area contributed by atoms with Gasteiger partial charge in [-0.3, -0.25) is 4.99 Å². The van der Waals surface area contributed by atoms with Gasteiger partial charge in [0.05, 0.1) is 4.90 Å². The summed E-state index contributed by atoms with van der Waals surface area (Å²) in [5, 5.41) is 3.35. The summed E-state index contributed by atoms with van der Waals surface area (Å²) < 4.78 is 26.3. The lowest BCUT2D eigenvalue weighted by Crippen LogP contribution is -2.52. The number of rotatable bonds is 5. The standard InChI is InChI=1S/C20H27N5O2S/c1-21-20(23-16-17-7-6-10-19(15-17)28(26,27)22-2)25-13-11-24(12-14-25)18-8-4-3-5-9-18/h3-10,15,22H,11-14,16H2,1-2H3,(H,21,23). The van der Waals surface area contributed by atoms with Gasteiger partial charge in [-0.2, -0.15) is 0 Å². The quantitative estimate of drug-likeness (QED) is 0.586. The van der Waals surface area contributed by atoms with Gasteiger partial charge in [-0.25, -0.2) is 13.1 Å². The minimum Gasteiger partial charge on any atom is -0.368 e. The fourth-order valence-electron chi connectivity index (χ4n) is 3.27. The molecule has 2 aromatic carbocycles. The third-order valence-corrected chi connectivity index (χ3v) is 6.25. The van der Waals surface area contributed by atoms with E-state index in [4.69, 9.17) is 0 Å². The first-order valence-corrected chi connectivity index (χ1v) is 10.8. The number of sulfonamides is 1. The molecule has 2 N–H and O–H groups in total. The van der Waals surface area contributed by atoms with Crippen LogP contribution in [-0.2, 0) is 16.6 Å². The molecule has 0 aliphatic carbocycles. The number of guanidine groups is 1. The molecular formula is C20H27N5O2S. The van der Waals surface area contributed by atoms with Crippen LogP contribution in [0.15, 0.2) is 64.5 Å². The smallest absolute Gasteiger partial charge is 0.240 e. The van der Waals surface area contributed by atoms with Crippen molar-refractivity contribution in [1.29, 1.82) is 0 Å². The summed E-state index contributed by atoms with van der Waals surface area (Å²) in [5.74, 6) is 0.828. The van der Waals surface area contributed by atoms with Crippen LogP contribution in [0.2, 0.25) is 0 Å². The van der Waals surface area contributed by atoms with Gasteiger partial charge in [0.25, 0.3) is 0 Å². The lowest BCUT2D eigenvalue weighted by atomic mass is 10.2. The average molecular weight is 402 g/mol. The number of aliphatic imine (C=N–C) groups is 1. The minimum atomic E-state index is -3.44. The molecule has 0 unspecified atom stereocenters. The van der Waals surface area contributed by atoms with Crippen molar-refractivity contribution in [2.45, 2.75) is 11.4 Å². The molecular weight excluding hydrogens is 374 g/mol. The van der Waals surface area contributed by atoms with Crippen LogP contribution in [0.1, 0.15) is 5.56 Å². The maximum Gasteiger partial charge on any atom is 0.240 e. The Hall–Kier alpha value is -2.58. The molecule has 1 fully saturated rings. The predicted molar refractivity (Wildman–Crippen MR) is 113 cm³/mol. The molecule has 0 spiro atoms. The largest absolute Gasteiger partial charge is 0.368 e. The van der Waals surface area contributed by atoms with Crippen molar-refractivity contribution in [3.63, 3.8) is 0 Å². The molecule has 1 aliphatic heterocycles. The zero-order chi connectivity index (χ0) is 20.0. The highest BCUT2D eigenvalue weighted by Gasteiger charge is 2.19. The lowest BCUT2D eigenvalue weighted by molar-refractivity contribution is 0.372. The van der Waals surface area contributed by atoms with Crippen LogP contribution in [-0.4, -0.2) is 59.6 Å². The van der Waals surface area contributed by atoms with Crippen molar-refractivity contribution in [2.75, 3.05) is 45.2 Å². The van der Waals surface area contributed by atoms with Crippen LogP contribution < -0.4 is 14.9 Å². The molecule has 0 bridgehead atoms. The number of para-hydroxylation sites is 1. The number of nitrogens with zero attached hydrogens (tertiary/aromatic N) is 3. The molecule has 1 saturated heterocycles. The van der Waals surface area contributed by atoms with Crippen LogP contribution in [0.4, 0.5) is 5.69 Å². The van der Waals surface area contributed by atoms with Crippen LogP contribution in [0.25, 0.3) is 0 Å². The van der Waals surface area contributed by atoms with Crippen molar-refractivity contribution >= 4 is 21.7 Å². The summed E-state index contributed by atoms with van der Waals surface area (Å²) in [6.45, 7) is 4.13. The number of nitrogens with one attached hydrogen (secondary N) is 2. The lowest BCUT2D eigenvalue weighted by Gasteiger charge is -2.37. The summed E-state index contributed by atoms with van der Waals surface area (Å²) in [6.07, 6.45) is 0. The average Bonchev–Trinajstić information content (AvgIpc) is 2.75. The highest BCUT2D eigenvalue weighted by Crippen LogP contribution is 2.16. The number of hydrogen-bond acceptors (Lipinski definition) is 4. The fourth-order valence-corrected chi connectivity index (χ4v) is 4.07. The van der Waals surface area contributed by atoms with Crippen LogP contribution in [0.5, 0.6) is 0 Å². The molecule has 8 heteroatoms. The SMILES string of the molecule is CN=C(NCc1cccc(S(=O)(=O)NC)c1)N1CCN(c2ccccc2)CC1. The molecule has 0 atom stereocenters. The van der Waals surface area contributed by atoms with E-state index < -0.39 is 10.0 Å². The Kier molecular flexibility index (Phi) is 6.53. The highest BCUT2D eigenvalue weighted by atomic mass is 32.2. The van der Waals surface area contributed by atoms with Crippen molar-refractivity contribution in [3.05, 3.63) is 60.2 Å². The highest BCUT2D eigenvalue weighted by molar-refractivity contribution is 7.89. The number of benzene rings is 2. The molecule has 3 rings (SSSR count). The van der Waals surface area contributed by atoms with Crippen molar-refractivity contribution in [3.8, 4) is 0 Å². The van der Waals surface area contributed by atoms with E-state index in [-0.39, 0.29) is 4.90 Å². The van der Waals surface area contributed by atoms with Gasteiger partial charge in [0.2, 0.25) is 10.0 Å². The normalized spacial score (nSPS) is 15.6. The predicted octanol–water partition coefficient (Wildman–Crippen LogP) is 1.49. The summed E-state index contributed by atoms with van der Waals surface area (Å²) in [5.41, 5.74) is 2.13. The van der Waals surface area contributed by atoms with E-state index in [1.807, 2.05) is 12.1 Å². The van der Waals surface area contributed by atoms with Crippen LogP contribution in [0, 0.1) is 0 Å². The summed E-state index contributed by atoms with van der Waals surface area (Å²) in [6, 6.07) is 17.3. The van der Waals surface area contributed by atoms with Gasteiger partial charge in [0.15, 0.2) is 5.96 Å². The van der Waals surface area contributed by atoms with Crippen molar-refractivity contribution < 1.29 is 8.42 Å². The van der Waals surface area contributed by atoms with E-state index in [9.17, 15) is 8.42 Å². The first-order chi connectivity index (χ1) is 13.5. The van der Waals surface area contributed by atoms with Crippen LogP contribution in [0.3, 0.4) is 0 Å². The Morgan fingerprint density at radius 2 is 1.75 bits per heavy atom. The molecule has 0 radical (unpaired) electrons. The van der Waals surface area contributed by atoms with Gasteiger partial charge >= 0.3 is 0 Å². The van der Waals surface area contributed by atoms with Gasteiger partial charge in [0, 0.05) is 45.5 Å². The maximum atomic E-state index is 12.0. The Morgan fingerprint density at radius 1 is 1.04 bits per heavy atom. The van der Waals surface area contributed by atoms with Gasteiger partial charge in [-0.1, -0.05) is 30.3 Å². The molecule has 2 aromatic rings. The van der Waals surface area contributed by atoms with Gasteiger partial charge in [0.1, 0.15) is 0 Å². The topological polar surface area (TPSA) is 77.0 Å². The zero-order valence-corrected chi connectivity index (χ0v) is 17.1. The molecule has 0 saturated carbocycles. The third-order valence-electron chi connectivity index (χ3n) is 4.84. The minimum absolute atomic E-state index is 0.265. The van der Waals surface area contributed by atoms with E-state index in [0.717, 1.165) is 37.7 Å². The molecule has 7 nitrogen and oxygen atoms in total. The summed E-state index contributed by atoms with van der Waals surface area (Å²) >= 11 is 0. The van der Waals surface area contributed by atoms with E-state index in [1.54, 1.807) is 25.2 Å². The Labute approximate surface area is 167 Å². The Balaban J connectivity index is 1.58. The molecule has 150 valence electrons. The Morgan fingerprint density at radius 3 is 2.39 bits per heavy atom. The number of piperazine rings is 1. The first kappa shape index (κ1) is 20.2. The number of hydrogen-bond donors (Lipinski definition) is 2. The number of anilines is 1. The second-order valence-electron chi connectivity index (χ2n) is 6.57. The maximum absolute atomic E-state index is 12.0. The zero-order valence-electron chi connectivity index (χ0n) is 16.3. The molecule has 1 heterocycles. The molecule has 0 aromatic heterocycles. The van der Waals surface area contributed by atoms with Crippen molar-refractivity contribution in [1.82, 2.24) is 14.9 Å². The summed E-state index contributed by atoms with van der Waals surface area (Å²) in [4.78, 5) is 9.26. The van der Waals surface area contributed by atoms with Gasteiger partial charge < -0.3 is 15.1 Å². The summed E-state index contributed by atoms with van der Waals surface area (Å²) in [7, 11) is -0.256.